The number of carbonyl (C=O) groups is 2. The number of amides is 1. The summed E-state index contributed by atoms with van der Waals surface area (Å²) in [5.41, 5.74) is 0.710. The fourth-order valence-electron chi connectivity index (χ4n) is 4.21. The zero-order valence-electron chi connectivity index (χ0n) is 16.1. The number of nitrogens with zero attached hydrogens (tertiary/aromatic N) is 2. The molecule has 154 valence electrons. The summed E-state index contributed by atoms with van der Waals surface area (Å²) in [6, 6.07) is 11.9. The summed E-state index contributed by atoms with van der Waals surface area (Å²) in [6.07, 6.45) is 2.46. The van der Waals surface area contributed by atoms with Crippen molar-refractivity contribution in [2.45, 2.75) is 35.9 Å². The van der Waals surface area contributed by atoms with E-state index in [-0.39, 0.29) is 21.8 Å². The summed E-state index contributed by atoms with van der Waals surface area (Å²) in [5.74, 6) is -0.0929. The lowest BCUT2D eigenvalue weighted by Gasteiger charge is -2.34. The molecule has 2 aliphatic rings. The van der Waals surface area contributed by atoms with Crippen molar-refractivity contribution in [3.05, 3.63) is 53.4 Å². The molecule has 29 heavy (non-hydrogen) atoms. The highest BCUT2D eigenvalue weighted by molar-refractivity contribution is 7.91. The molecule has 2 aliphatic heterocycles. The Labute approximate surface area is 175 Å². The maximum absolute atomic E-state index is 13.1. The van der Waals surface area contributed by atoms with Crippen LogP contribution < -0.4 is 0 Å². The average Bonchev–Trinajstić information content (AvgIpc) is 3.46. The molecule has 1 unspecified atom stereocenters. The molecule has 2 saturated heterocycles. The van der Waals surface area contributed by atoms with Crippen LogP contribution in [0.4, 0.5) is 0 Å². The first kappa shape index (κ1) is 20.3. The number of rotatable bonds is 5. The lowest BCUT2D eigenvalue weighted by Crippen LogP contribution is -2.50. The van der Waals surface area contributed by atoms with Crippen molar-refractivity contribution < 1.29 is 18.0 Å². The second kappa shape index (κ2) is 8.38. The Morgan fingerprint density at radius 3 is 2.31 bits per heavy atom. The normalized spacial score (nSPS) is 21.4. The van der Waals surface area contributed by atoms with Crippen LogP contribution in [0.15, 0.2) is 52.1 Å². The number of likely N-dealkylation sites (tertiary alicyclic amines) is 1. The zero-order valence-corrected chi connectivity index (χ0v) is 17.7. The van der Waals surface area contributed by atoms with Crippen LogP contribution in [0.5, 0.6) is 0 Å². The van der Waals surface area contributed by atoms with Gasteiger partial charge in [-0.15, -0.1) is 11.3 Å². The smallest absolute Gasteiger partial charge is 0.253 e. The average molecular weight is 433 g/mol. The van der Waals surface area contributed by atoms with Gasteiger partial charge in [0.15, 0.2) is 5.78 Å². The Hall–Kier alpha value is -2.03. The van der Waals surface area contributed by atoms with E-state index in [1.54, 1.807) is 22.4 Å². The van der Waals surface area contributed by atoms with Crippen molar-refractivity contribution in [3.63, 3.8) is 0 Å². The summed E-state index contributed by atoms with van der Waals surface area (Å²) in [4.78, 5) is 27.5. The first-order valence-corrected chi connectivity index (χ1v) is 12.2. The van der Waals surface area contributed by atoms with E-state index in [9.17, 15) is 18.0 Å². The summed E-state index contributed by atoms with van der Waals surface area (Å²) >= 11 is 1.18. The van der Waals surface area contributed by atoms with Gasteiger partial charge in [0, 0.05) is 31.1 Å². The summed E-state index contributed by atoms with van der Waals surface area (Å²) < 4.78 is 27.5. The van der Waals surface area contributed by atoms with Gasteiger partial charge in [0.2, 0.25) is 5.91 Å². The van der Waals surface area contributed by atoms with Gasteiger partial charge in [0.05, 0.1) is 0 Å². The molecular weight excluding hydrogens is 408 g/mol. The first-order valence-electron chi connectivity index (χ1n) is 9.92. The van der Waals surface area contributed by atoms with Crippen LogP contribution in [0, 0.1) is 5.92 Å². The van der Waals surface area contributed by atoms with Crippen molar-refractivity contribution in [3.8, 4) is 0 Å². The van der Waals surface area contributed by atoms with Crippen LogP contribution in [-0.2, 0) is 14.8 Å². The maximum Gasteiger partial charge on any atom is 0.253 e. The summed E-state index contributed by atoms with van der Waals surface area (Å²) in [7, 11) is -3.64. The second-order valence-corrected chi connectivity index (χ2v) is 10.6. The Morgan fingerprint density at radius 2 is 1.66 bits per heavy atom. The minimum absolute atomic E-state index is 0.0871. The maximum atomic E-state index is 13.1. The molecule has 0 aliphatic carbocycles. The Morgan fingerprint density at radius 1 is 0.931 bits per heavy atom. The van der Waals surface area contributed by atoms with Crippen molar-refractivity contribution >= 4 is 33.1 Å². The van der Waals surface area contributed by atoms with Gasteiger partial charge in [0.25, 0.3) is 10.0 Å². The molecule has 2 fully saturated rings. The van der Waals surface area contributed by atoms with Gasteiger partial charge in [0.1, 0.15) is 10.3 Å². The highest BCUT2D eigenvalue weighted by Crippen LogP contribution is 2.31. The van der Waals surface area contributed by atoms with Crippen molar-refractivity contribution in [2.24, 2.45) is 5.92 Å². The van der Waals surface area contributed by atoms with Crippen molar-refractivity contribution in [1.29, 1.82) is 0 Å². The van der Waals surface area contributed by atoms with Gasteiger partial charge in [-0.2, -0.15) is 4.31 Å². The number of benzene rings is 1. The molecule has 6 nitrogen and oxygen atoms in total. The predicted octanol–water partition coefficient (Wildman–Crippen LogP) is 3.02. The quantitative estimate of drug-likeness (QED) is 0.681. The molecule has 3 heterocycles. The molecule has 1 aromatic heterocycles. The minimum Gasteiger partial charge on any atom is -0.341 e. The van der Waals surface area contributed by atoms with E-state index in [4.69, 9.17) is 0 Å². The van der Waals surface area contributed by atoms with Crippen LogP contribution >= 0.6 is 11.3 Å². The number of Topliss-reactive ketones (excluding diaryl/α,β-unsaturated/α-hetero) is 1. The lowest BCUT2D eigenvalue weighted by molar-refractivity contribution is -0.135. The van der Waals surface area contributed by atoms with E-state index in [2.05, 4.69) is 0 Å². The molecule has 0 bridgehead atoms. The second-order valence-electron chi connectivity index (χ2n) is 7.54. The van der Waals surface area contributed by atoms with Crippen molar-refractivity contribution in [1.82, 2.24) is 9.21 Å². The third-order valence-corrected chi connectivity index (χ3v) is 9.06. The fourth-order valence-corrected chi connectivity index (χ4v) is 6.98. The molecular formula is C21H24N2O4S2. The number of sulfonamides is 1. The molecule has 0 saturated carbocycles. The van der Waals surface area contributed by atoms with Gasteiger partial charge in [-0.25, -0.2) is 8.42 Å². The van der Waals surface area contributed by atoms with E-state index in [1.165, 1.54) is 15.6 Å². The van der Waals surface area contributed by atoms with E-state index < -0.39 is 16.1 Å². The molecule has 0 spiro atoms. The van der Waals surface area contributed by atoms with Gasteiger partial charge in [-0.05, 0) is 37.1 Å². The number of carbonyl (C=O) groups excluding carboxylic acids is 2. The molecule has 2 aromatic rings. The number of ketones is 1. The van der Waals surface area contributed by atoms with E-state index in [0.29, 0.717) is 50.9 Å². The summed E-state index contributed by atoms with van der Waals surface area (Å²) in [5, 5.41) is 1.73. The summed E-state index contributed by atoms with van der Waals surface area (Å²) in [6.45, 7) is 1.36. The Kier molecular flexibility index (Phi) is 5.85. The van der Waals surface area contributed by atoms with Gasteiger partial charge in [-0.1, -0.05) is 36.4 Å². The third kappa shape index (κ3) is 4.01. The number of piperidine rings is 1. The topological polar surface area (TPSA) is 74.8 Å². The van der Waals surface area contributed by atoms with Gasteiger partial charge in [-0.3, -0.25) is 9.59 Å². The molecule has 0 radical (unpaired) electrons. The van der Waals surface area contributed by atoms with E-state index >= 15 is 0 Å². The fraction of sp³-hybridized carbons (Fsp3) is 0.429. The highest BCUT2D eigenvalue weighted by Gasteiger charge is 2.42. The largest absolute Gasteiger partial charge is 0.341 e. The van der Waals surface area contributed by atoms with Crippen LogP contribution in [0.25, 0.3) is 0 Å². The molecule has 4 rings (SSSR count). The molecule has 1 aromatic carbocycles. The Bertz CT molecular complexity index is 965. The third-order valence-electron chi connectivity index (χ3n) is 5.78. The molecule has 0 N–H and O–H groups in total. The minimum atomic E-state index is -3.64. The monoisotopic (exact) mass is 432 g/mol. The number of thiophene rings is 1. The zero-order chi connectivity index (χ0) is 20.4. The SMILES string of the molecule is O=C(c1ccccc1)C1CCN(C(=O)C2CCCN2S(=O)(=O)c2cccs2)CC1. The van der Waals surface area contributed by atoms with Gasteiger partial charge >= 0.3 is 0 Å². The number of hydrogen-bond donors (Lipinski definition) is 0. The van der Waals surface area contributed by atoms with E-state index in [0.717, 1.165) is 0 Å². The van der Waals surface area contributed by atoms with Crippen LogP contribution in [0.3, 0.4) is 0 Å². The molecule has 1 atom stereocenters. The van der Waals surface area contributed by atoms with Crippen molar-refractivity contribution in [2.75, 3.05) is 19.6 Å². The van der Waals surface area contributed by atoms with E-state index in [1.807, 2.05) is 30.3 Å². The highest BCUT2D eigenvalue weighted by atomic mass is 32.2. The van der Waals surface area contributed by atoms with Crippen LogP contribution in [-0.4, -0.2) is 55.0 Å². The predicted molar refractivity (Wildman–Crippen MR) is 111 cm³/mol. The van der Waals surface area contributed by atoms with Crippen LogP contribution in [0.2, 0.25) is 0 Å². The number of hydrogen-bond acceptors (Lipinski definition) is 5. The van der Waals surface area contributed by atoms with Crippen LogP contribution in [0.1, 0.15) is 36.0 Å². The van der Waals surface area contributed by atoms with Gasteiger partial charge < -0.3 is 4.90 Å². The molecule has 8 heteroatoms. The standard InChI is InChI=1S/C21H24N2O4S2/c24-20(16-6-2-1-3-7-16)17-10-13-22(14-11-17)21(25)18-8-4-12-23(18)29(26,27)19-9-5-15-28-19/h1-3,5-7,9,15,17-18H,4,8,10-14H2. The Balaban J connectivity index is 1.41. The molecule has 1 amide bonds. The first-order chi connectivity index (χ1) is 14.0. The lowest BCUT2D eigenvalue weighted by atomic mass is 9.88.